The topological polar surface area (TPSA) is 114 Å². The van der Waals surface area contributed by atoms with Crippen molar-refractivity contribution in [2.24, 2.45) is 0 Å². The van der Waals surface area contributed by atoms with Crippen LogP contribution in [-0.4, -0.2) is 86.4 Å². The van der Waals surface area contributed by atoms with Crippen LogP contribution in [0.25, 0.3) is 0 Å². The van der Waals surface area contributed by atoms with E-state index in [1.54, 1.807) is 56.2 Å². The summed E-state index contributed by atoms with van der Waals surface area (Å²) in [6.45, 7) is 4.42. The first kappa shape index (κ1) is 33.9. The number of piperazine rings is 1. The molecular formula is C39H45N5O5. The number of phenols is 1. The maximum absolute atomic E-state index is 14.3. The number of hydrogen-bond donors (Lipinski definition) is 2. The lowest BCUT2D eigenvalue weighted by atomic mass is 9.95. The molecule has 2 N–H and O–H groups in total. The van der Waals surface area contributed by atoms with Gasteiger partial charge >= 0.3 is 0 Å². The molecule has 2 aliphatic heterocycles. The average Bonchev–Trinajstić information content (AvgIpc) is 3.11. The molecule has 1 saturated carbocycles. The van der Waals surface area contributed by atoms with Gasteiger partial charge in [-0.1, -0.05) is 79.9 Å². The lowest BCUT2D eigenvalue weighted by Crippen LogP contribution is -2.75. The Kier molecular flexibility index (Phi) is 10.7. The van der Waals surface area contributed by atoms with Gasteiger partial charge in [0, 0.05) is 37.5 Å². The first-order chi connectivity index (χ1) is 23.8. The van der Waals surface area contributed by atoms with Crippen molar-refractivity contribution >= 4 is 23.6 Å². The van der Waals surface area contributed by atoms with E-state index in [1.165, 1.54) is 6.42 Å². The Bertz CT molecular complexity index is 1660. The number of nitrogens with zero attached hydrogens (tertiary/aromatic N) is 4. The van der Waals surface area contributed by atoms with E-state index in [0.29, 0.717) is 18.5 Å². The molecule has 0 bridgehead atoms. The molecule has 49 heavy (non-hydrogen) atoms. The van der Waals surface area contributed by atoms with Crippen LogP contribution in [0.3, 0.4) is 0 Å². The fourth-order valence-corrected chi connectivity index (χ4v) is 7.32. The van der Waals surface area contributed by atoms with Crippen molar-refractivity contribution in [2.75, 3.05) is 19.6 Å². The number of hydrogen-bond acceptors (Lipinski definition) is 6. The maximum Gasteiger partial charge on any atom is 0.251 e. The van der Waals surface area contributed by atoms with Gasteiger partial charge in [0.25, 0.3) is 5.91 Å². The van der Waals surface area contributed by atoms with Gasteiger partial charge < -0.3 is 20.2 Å². The predicted molar refractivity (Wildman–Crippen MR) is 186 cm³/mol. The second kappa shape index (κ2) is 15.5. The van der Waals surface area contributed by atoms with Crippen LogP contribution in [0.2, 0.25) is 0 Å². The van der Waals surface area contributed by atoms with Crippen LogP contribution >= 0.6 is 0 Å². The SMILES string of the molecule is C=CCN1CC(=O)N2[C@@H](Cc3ccc(O)cc3)C(=O)N(Cc3cccc(C(=O)NC4CCCCC4)c3)C[C@@H]2N1C(=O)CCc1ccccc1. The van der Waals surface area contributed by atoms with E-state index in [0.717, 1.165) is 42.4 Å². The third-order valence-electron chi connectivity index (χ3n) is 9.76. The van der Waals surface area contributed by atoms with Gasteiger partial charge in [0.2, 0.25) is 17.7 Å². The van der Waals surface area contributed by atoms with Crippen LogP contribution in [-0.2, 0) is 33.8 Å². The van der Waals surface area contributed by atoms with Crippen LogP contribution in [0.4, 0.5) is 0 Å². The highest BCUT2D eigenvalue weighted by molar-refractivity contribution is 5.95. The van der Waals surface area contributed by atoms with Gasteiger partial charge in [-0.2, -0.15) is 0 Å². The van der Waals surface area contributed by atoms with Crippen LogP contribution in [0.15, 0.2) is 91.5 Å². The summed E-state index contributed by atoms with van der Waals surface area (Å²) >= 11 is 0. The molecule has 3 aromatic carbocycles. The summed E-state index contributed by atoms with van der Waals surface area (Å²) in [5.41, 5.74) is 3.14. The number of aromatic hydroxyl groups is 1. The highest BCUT2D eigenvalue weighted by Gasteiger charge is 2.51. The third-order valence-corrected chi connectivity index (χ3v) is 9.76. The summed E-state index contributed by atoms with van der Waals surface area (Å²) in [5.74, 6) is -0.633. The van der Waals surface area contributed by atoms with Crippen LogP contribution in [0.1, 0.15) is 65.6 Å². The van der Waals surface area contributed by atoms with Gasteiger partial charge in [0.15, 0.2) is 0 Å². The van der Waals surface area contributed by atoms with Gasteiger partial charge in [-0.05, 0) is 60.2 Å². The number of phenolic OH excluding ortho intramolecular Hbond substituents is 1. The number of aryl methyl sites for hydroxylation is 1. The van der Waals surface area contributed by atoms with E-state index in [1.807, 2.05) is 48.5 Å². The second-order valence-corrected chi connectivity index (χ2v) is 13.3. The molecular weight excluding hydrogens is 618 g/mol. The first-order valence-electron chi connectivity index (χ1n) is 17.3. The zero-order valence-corrected chi connectivity index (χ0v) is 27.9. The summed E-state index contributed by atoms with van der Waals surface area (Å²) < 4.78 is 0. The predicted octanol–water partition coefficient (Wildman–Crippen LogP) is 4.44. The largest absolute Gasteiger partial charge is 0.508 e. The minimum Gasteiger partial charge on any atom is -0.508 e. The molecule has 10 heteroatoms. The molecule has 3 aromatic rings. The number of amides is 4. The Morgan fingerprint density at radius 1 is 0.898 bits per heavy atom. The molecule has 2 atom stereocenters. The molecule has 2 saturated heterocycles. The summed E-state index contributed by atoms with van der Waals surface area (Å²) in [6, 6.07) is 23.0. The second-order valence-electron chi connectivity index (χ2n) is 13.3. The molecule has 0 spiro atoms. The van der Waals surface area contributed by atoms with Crippen LogP contribution < -0.4 is 5.32 Å². The van der Waals surface area contributed by atoms with Gasteiger partial charge in [0.1, 0.15) is 18.0 Å². The standard InChI is InChI=1S/C39H45N5O5/c1-2-22-42-27-37(47)43-34(24-29-16-19-33(45)20-17-29)39(49)41(26-35(43)44(42)36(46)21-18-28-10-5-3-6-11-28)25-30-12-9-13-31(23-30)38(48)40-32-14-7-4-8-15-32/h2-3,5-6,9-13,16-17,19-20,23,32,34-35,45H,1,4,7-8,14-15,18,21-22,24-27H2,(H,40,48)/t34-,35-/m0/s1. The number of benzene rings is 3. The number of nitrogens with one attached hydrogen (secondary N) is 1. The van der Waals surface area contributed by atoms with Gasteiger partial charge in [0.05, 0.1) is 13.1 Å². The Morgan fingerprint density at radius 3 is 2.37 bits per heavy atom. The Balaban J connectivity index is 1.29. The normalized spacial score (nSPS) is 20.2. The van der Waals surface area contributed by atoms with E-state index in [9.17, 15) is 24.3 Å². The van der Waals surface area contributed by atoms with E-state index >= 15 is 0 Å². The Labute approximate surface area is 288 Å². The van der Waals surface area contributed by atoms with E-state index in [4.69, 9.17) is 0 Å². The highest BCUT2D eigenvalue weighted by Crippen LogP contribution is 2.30. The van der Waals surface area contributed by atoms with E-state index in [-0.39, 0.29) is 67.9 Å². The molecule has 3 fully saturated rings. The summed E-state index contributed by atoms with van der Waals surface area (Å²) in [4.78, 5) is 58.8. The van der Waals surface area contributed by atoms with Crippen molar-refractivity contribution in [3.63, 3.8) is 0 Å². The number of fused-ring (bicyclic) bond motifs is 1. The first-order valence-corrected chi connectivity index (χ1v) is 17.3. The van der Waals surface area contributed by atoms with Crippen molar-refractivity contribution in [1.29, 1.82) is 0 Å². The molecule has 0 radical (unpaired) electrons. The molecule has 1 aliphatic carbocycles. The number of hydrazine groups is 1. The maximum atomic E-state index is 14.3. The smallest absolute Gasteiger partial charge is 0.251 e. The Hall–Kier alpha value is -4.96. The molecule has 256 valence electrons. The molecule has 3 aliphatic rings. The zero-order valence-electron chi connectivity index (χ0n) is 27.9. The van der Waals surface area contributed by atoms with Crippen molar-refractivity contribution in [2.45, 2.75) is 76.2 Å². The Morgan fingerprint density at radius 2 is 1.63 bits per heavy atom. The molecule has 6 rings (SSSR count). The number of carbonyl (C=O) groups excluding carboxylic acids is 4. The zero-order chi connectivity index (χ0) is 34.3. The van der Waals surface area contributed by atoms with E-state index < -0.39 is 12.2 Å². The molecule has 0 aromatic heterocycles. The quantitative estimate of drug-likeness (QED) is 0.294. The average molecular weight is 664 g/mol. The van der Waals surface area contributed by atoms with E-state index in [2.05, 4.69) is 11.9 Å². The minimum atomic E-state index is -0.871. The van der Waals surface area contributed by atoms with Gasteiger partial charge in [-0.15, -0.1) is 6.58 Å². The van der Waals surface area contributed by atoms with Crippen molar-refractivity contribution in [3.8, 4) is 5.75 Å². The van der Waals surface area contributed by atoms with Crippen LogP contribution in [0, 0.1) is 0 Å². The molecule has 10 nitrogen and oxygen atoms in total. The fraction of sp³-hybridized carbons (Fsp3) is 0.385. The van der Waals surface area contributed by atoms with Crippen molar-refractivity contribution < 1.29 is 24.3 Å². The monoisotopic (exact) mass is 663 g/mol. The molecule has 2 heterocycles. The lowest BCUT2D eigenvalue weighted by Gasteiger charge is -2.55. The molecule has 0 unspecified atom stereocenters. The molecule has 4 amide bonds. The van der Waals surface area contributed by atoms with Crippen molar-refractivity contribution in [1.82, 2.24) is 25.1 Å². The van der Waals surface area contributed by atoms with Gasteiger partial charge in [-0.3, -0.25) is 19.2 Å². The number of carbonyl (C=O) groups is 4. The summed E-state index contributed by atoms with van der Waals surface area (Å²) in [7, 11) is 0. The minimum absolute atomic E-state index is 0.0584. The van der Waals surface area contributed by atoms with Gasteiger partial charge in [-0.25, -0.2) is 10.0 Å². The van der Waals surface area contributed by atoms with Crippen LogP contribution in [0.5, 0.6) is 5.75 Å². The summed E-state index contributed by atoms with van der Waals surface area (Å²) in [5, 5.41) is 16.4. The fourth-order valence-electron chi connectivity index (χ4n) is 7.32. The summed E-state index contributed by atoms with van der Waals surface area (Å²) in [6.07, 6.45) is 7.31. The lowest BCUT2D eigenvalue weighted by molar-refractivity contribution is -0.205. The third kappa shape index (κ3) is 8.03. The highest BCUT2D eigenvalue weighted by atomic mass is 16.3. The van der Waals surface area contributed by atoms with Crippen molar-refractivity contribution in [3.05, 3.63) is 114 Å². The number of rotatable bonds is 11.